The van der Waals surface area contributed by atoms with E-state index in [4.69, 9.17) is 9.72 Å². The number of nitrogens with one attached hydrogen (secondary N) is 1. The molecule has 0 spiro atoms. The van der Waals surface area contributed by atoms with Gasteiger partial charge in [0.15, 0.2) is 5.13 Å². The second-order valence-corrected chi connectivity index (χ2v) is 6.95. The van der Waals surface area contributed by atoms with E-state index < -0.39 is 0 Å². The maximum atomic E-state index is 5.63. The molecule has 4 nitrogen and oxygen atoms in total. The van der Waals surface area contributed by atoms with Gasteiger partial charge in [-0.15, -0.1) is 11.3 Å². The first kappa shape index (κ1) is 14.3. The van der Waals surface area contributed by atoms with Crippen LogP contribution in [0.25, 0.3) is 0 Å². The lowest BCUT2D eigenvalue weighted by molar-refractivity contribution is 0.0532. The maximum absolute atomic E-state index is 5.63. The van der Waals surface area contributed by atoms with Gasteiger partial charge in [-0.05, 0) is 32.7 Å². The molecule has 0 radical (unpaired) electrons. The molecule has 2 aliphatic rings. The molecule has 1 aromatic heterocycles. The van der Waals surface area contributed by atoms with Crippen molar-refractivity contribution in [1.29, 1.82) is 0 Å². The Kier molecular flexibility index (Phi) is 4.58. The van der Waals surface area contributed by atoms with Crippen LogP contribution in [0.1, 0.15) is 49.6 Å². The summed E-state index contributed by atoms with van der Waals surface area (Å²) in [7, 11) is 0. The SMILES string of the molecule is CCCNCc1sc(N2CCOC(C)C2)nc1C1CC1. The zero-order chi connectivity index (χ0) is 13.9. The Morgan fingerprint density at radius 1 is 1.45 bits per heavy atom. The Labute approximate surface area is 125 Å². The van der Waals surface area contributed by atoms with Crippen LogP contribution in [-0.2, 0) is 11.3 Å². The van der Waals surface area contributed by atoms with Crippen molar-refractivity contribution in [3.63, 3.8) is 0 Å². The first-order valence-corrected chi connectivity index (χ1v) is 8.66. The molecule has 1 N–H and O–H groups in total. The maximum Gasteiger partial charge on any atom is 0.186 e. The van der Waals surface area contributed by atoms with Crippen LogP contribution in [0.2, 0.25) is 0 Å². The first-order chi connectivity index (χ1) is 9.78. The summed E-state index contributed by atoms with van der Waals surface area (Å²) < 4.78 is 5.63. The van der Waals surface area contributed by atoms with E-state index in [9.17, 15) is 0 Å². The summed E-state index contributed by atoms with van der Waals surface area (Å²) in [5, 5.41) is 4.73. The Hall–Kier alpha value is -0.650. The van der Waals surface area contributed by atoms with E-state index in [1.54, 1.807) is 0 Å². The number of ether oxygens (including phenoxy) is 1. The van der Waals surface area contributed by atoms with Crippen molar-refractivity contribution in [1.82, 2.24) is 10.3 Å². The Balaban J connectivity index is 1.72. The summed E-state index contributed by atoms with van der Waals surface area (Å²) in [6, 6.07) is 0. The highest BCUT2D eigenvalue weighted by Gasteiger charge is 2.31. The van der Waals surface area contributed by atoms with Crippen molar-refractivity contribution in [2.45, 2.75) is 51.7 Å². The van der Waals surface area contributed by atoms with Gasteiger partial charge in [0.25, 0.3) is 0 Å². The molecular formula is C15H25N3OS. The Morgan fingerprint density at radius 2 is 2.30 bits per heavy atom. The summed E-state index contributed by atoms with van der Waals surface area (Å²) in [5.74, 6) is 0.733. The first-order valence-electron chi connectivity index (χ1n) is 7.84. The zero-order valence-corrected chi connectivity index (χ0v) is 13.3. The van der Waals surface area contributed by atoms with Gasteiger partial charge < -0.3 is 15.0 Å². The number of rotatable bonds is 6. The van der Waals surface area contributed by atoms with Crippen LogP contribution in [0.15, 0.2) is 0 Å². The number of morpholine rings is 1. The summed E-state index contributed by atoms with van der Waals surface area (Å²) in [6.07, 6.45) is 4.15. The van der Waals surface area contributed by atoms with Crippen molar-refractivity contribution >= 4 is 16.5 Å². The highest BCUT2D eigenvalue weighted by Crippen LogP contribution is 2.44. The standard InChI is InChI=1S/C15H25N3OS/c1-3-6-16-9-13-14(12-4-5-12)17-15(20-13)18-7-8-19-11(2)10-18/h11-12,16H,3-10H2,1-2H3. The molecule has 20 heavy (non-hydrogen) atoms. The van der Waals surface area contributed by atoms with Gasteiger partial charge in [-0.3, -0.25) is 0 Å². The molecule has 1 aliphatic carbocycles. The van der Waals surface area contributed by atoms with Crippen LogP contribution >= 0.6 is 11.3 Å². The second-order valence-electron chi connectivity index (χ2n) is 5.88. The van der Waals surface area contributed by atoms with Crippen molar-refractivity contribution in [2.24, 2.45) is 0 Å². The average molecular weight is 295 g/mol. The van der Waals surface area contributed by atoms with E-state index in [1.165, 1.54) is 35.0 Å². The van der Waals surface area contributed by atoms with Gasteiger partial charge in [0.1, 0.15) is 0 Å². The fraction of sp³-hybridized carbons (Fsp3) is 0.800. The smallest absolute Gasteiger partial charge is 0.186 e. The van der Waals surface area contributed by atoms with Crippen LogP contribution in [0.3, 0.4) is 0 Å². The number of nitrogens with zero attached hydrogens (tertiary/aromatic N) is 2. The van der Waals surface area contributed by atoms with Gasteiger partial charge >= 0.3 is 0 Å². The summed E-state index contributed by atoms with van der Waals surface area (Å²) >= 11 is 1.88. The minimum Gasteiger partial charge on any atom is -0.375 e. The van der Waals surface area contributed by atoms with E-state index in [2.05, 4.69) is 24.1 Å². The predicted octanol–water partition coefficient (Wildman–Crippen LogP) is 2.75. The molecule has 1 saturated carbocycles. The molecule has 0 aromatic carbocycles. The third kappa shape index (κ3) is 3.32. The predicted molar refractivity (Wildman–Crippen MR) is 83.7 cm³/mol. The van der Waals surface area contributed by atoms with Crippen molar-refractivity contribution in [3.8, 4) is 0 Å². The van der Waals surface area contributed by atoms with Gasteiger partial charge in [0.05, 0.1) is 18.4 Å². The van der Waals surface area contributed by atoms with Crippen LogP contribution in [0.5, 0.6) is 0 Å². The van der Waals surface area contributed by atoms with E-state index >= 15 is 0 Å². The van der Waals surface area contributed by atoms with Crippen LogP contribution in [0.4, 0.5) is 5.13 Å². The van der Waals surface area contributed by atoms with Crippen LogP contribution in [-0.4, -0.2) is 37.3 Å². The molecule has 1 atom stereocenters. The molecule has 1 aromatic rings. The Morgan fingerprint density at radius 3 is 3.00 bits per heavy atom. The van der Waals surface area contributed by atoms with Gasteiger partial charge in [0.2, 0.25) is 0 Å². The molecule has 0 bridgehead atoms. The largest absolute Gasteiger partial charge is 0.375 e. The molecule has 2 fully saturated rings. The van der Waals surface area contributed by atoms with Crippen LogP contribution < -0.4 is 10.2 Å². The molecule has 1 unspecified atom stereocenters. The number of aromatic nitrogens is 1. The van der Waals surface area contributed by atoms with E-state index in [0.29, 0.717) is 6.10 Å². The van der Waals surface area contributed by atoms with Gasteiger partial charge in [-0.25, -0.2) is 4.98 Å². The molecule has 0 amide bonds. The van der Waals surface area contributed by atoms with Crippen molar-refractivity contribution in [3.05, 3.63) is 10.6 Å². The third-order valence-electron chi connectivity index (χ3n) is 3.90. The number of hydrogen-bond donors (Lipinski definition) is 1. The summed E-state index contributed by atoms with van der Waals surface area (Å²) in [6.45, 7) is 9.20. The molecular weight excluding hydrogens is 270 g/mol. The second kappa shape index (κ2) is 6.41. The van der Waals surface area contributed by atoms with Crippen molar-refractivity contribution in [2.75, 3.05) is 31.1 Å². The van der Waals surface area contributed by atoms with Crippen LogP contribution in [0, 0.1) is 0 Å². The zero-order valence-electron chi connectivity index (χ0n) is 12.5. The monoisotopic (exact) mass is 295 g/mol. The highest BCUT2D eigenvalue weighted by molar-refractivity contribution is 7.15. The normalized spacial score (nSPS) is 23.3. The lowest BCUT2D eigenvalue weighted by atomic mass is 10.2. The van der Waals surface area contributed by atoms with E-state index in [0.717, 1.165) is 38.7 Å². The lowest BCUT2D eigenvalue weighted by Gasteiger charge is -2.30. The topological polar surface area (TPSA) is 37.4 Å². The average Bonchev–Trinajstić information content (AvgIpc) is 3.20. The minimum atomic E-state index is 0.318. The molecule has 2 heterocycles. The molecule has 1 aliphatic heterocycles. The molecule has 5 heteroatoms. The molecule has 3 rings (SSSR count). The highest BCUT2D eigenvalue weighted by atomic mass is 32.1. The van der Waals surface area contributed by atoms with E-state index in [-0.39, 0.29) is 0 Å². The molecule has 1 saturated heterocycles. The Bertz CT molecular complexity index is 444. The van der Waals surface area contributed by atoms with Crippen molar-refractivity contribution < 1.29 is 4.74 Å². The third-order valence-corrected chi connectivity index (χ3v) is 5.04. The summed E-state index contributed by atoms with van der Waals surface area (Å²) in [4.78, 5) is 8.81. The fourth-order valence-corrected chi connectivity index (χ4v) is 3.81. The number of anilines is 1. The van der Waals surface area contributed by atoms with E-state index in [1.807, 2.05) is 11.3 Å². The fourth-order valence-electron chi connectivity index (χ4n) is 2.66. The van der Waals surface area contributed by atoms with Gasteiger partial charge in [-0.2, -0.15) is 0 Å². The number of thiazole rings is 1. The quantitative estimate of drug-likeness (QED) is 0.819. The van der Waals surface area contributed by atoms with Gasteiger partial charge in [0, 0.05) is 30.4 Å². The minimum absolute atomic E-state index is 0.318. The van der Waals surface area contributed by atoms with Gasteiger partial charge in [-0.1, -0.05) is 6.92 Å². The molecule has 112 valence electrons. The summed E-state index contributed by atoms with van der Waals surface area (Å²) in [5.41, 5.74) is 1.37. The lowest BCUT2D eigenvalue weighted by Crippen LogP contribution is -2.41. The number of hydrogen-bond acceptors (Lipinski definition) is 5.